The van der Waals surface area contributed by atoms with Gasteiger partial charge in [-0.05, 0) is 48.9 Å². The first-order chi connectivity index (χ1) is 13.0. The molecule has 0 bridgehead atoms. The molecule has 4 rings (SSSR count). The van der Waals surface area contributed by atoms with Gasteiger partial charge in [0.2, 0.25) is 5.91 Å². The first-order valence-corrected chi connectivity index (χ1v) is 9.81. The summed E-state index contributed by atoms with van der Waals surface area (Å²) in [5, 5.41) is 2.73. The van der Waals surface area contributed by atoms with Crippen LogP contribution in [0.15, 0.2) is 30.3 Å². The second kappa shape index (κ2) is 7.15. The van der Waals surface area contributed by atoms with Gasteiger partial charge >= 0.3 is 5.97 Å². The highest BCUT2D eigenvalue weighted by molar-refractivity contribution is 7.14. The Kier molecular flexibility index (Phi) is 4.70. The maximum Gasteiger partial charge on any atom is 0.348 e. The number of nitrogens with zero attached hydrogens (tertiary/aromatic N) is 1. The number of hydrogen-bond acceptors (Lipinski definition) is 5. The predicted molar refractivity (Wildman–Crippen MR) is 103 cm³/mol. The van der Waals surface area contributed by atoms with E-state index in [4.69, 9.17) is 4.74 Å². The summed E-state index contributed by atoms with van der Waals surface area (Å²) < 4.78 is 5.25. The van der Waals surface area contributed by atoms with Crippen LogP contribution in [-0.2, 0) is 27.2 Å². The van der Waals surface area contributed by atoms with Gasteiger partial charge in [-0.1, -0.05) is 19.1 Å². The number of carbonyl (C=O) groups excluding carboxylic acids is 3. The zero-order valence-corrected chi connectivity index (χ0v) is 15.8. The van der Waals surface area contributed by atoms with Crippen LogP contribution in [0.5, 0.6) is 0 Å². The topological polar surface area (TPSA) is 75.7 Å². The number of esters is 1. The molecule has 2 aliphatic rings. The van der Waals surface area contributed by atoms with E-state index in [9.17, 15) is 14.4 Å². The molecule has 6 nitrogen and oxygen atoms in total. The van der Waals surface area contributed by atoms with Crippen molar-refractivity contribution in [3.8, 4) is 0 Å². The lowest BCUT2D eigenvalue weighted by molar-refractivity contribution is -0.124. The normalized spacial score (nSPS) is 18.3. The van der Waals surface area contributed by atoms with Gasteiger partial charge in [-0.2, -0.15) is 0 Å². The molecular formula is C20H20N2O4S. The van der Waals surface area contributed by atoms with Crippen LogP contribution in [0.1, 0.15) is 33.5 Å². The summed E-state index contributed by atoms with van der Waals surface area (Å²) in [5.74, 6) is -0.540. The molecule has 0 spiro atoms. The zero-order chi connectivity index (χ0) is 19.0. The van der Waals surface area contributed by atoms with Gasteiger partial charge in [-0.3, -0.25) is 14.5 Å². The second-order valence-corrected chi connectivity index (χ2v) is 8.17. The lowest BCUT2D eigenvalue weighted by Gasteiger charge is -2.28. The summed E-state index contributed by atoms with van der Waals surface area (Å²) in [7, 11) is 0. The third-order valence-electron chi connectivity index (χ3n) is 4.93. The molecule has 0 saturated carbocycles. The van der Waals surface area contributed by atoms with Crippen LogP contribution < -0.4 is 10.2 Å². The molecule has 0 saturated heterocycles. The van der Waals surface area contributed by atoms with Gasteiger partial charge in [0, 0.05) is 4.88 Å². The Morgan fingerprint density at radius 2 is 2.15 bits per heavy atom. The minimum absolute atomic E-state index is 0.0847. The van der Waals surface area contributed by atoms with Crippen molar-refractivity contribution in [3.05, 3.63) is 45.6 Å². The second-order valence-electron chi connectivity index (χ2n) is 7.03. The number of thiophene rings is 1. The highest BCUT2D eigenvalue weighted by Gasteiger charge is 2.28. The maximum atomic E-state index is 12.6. The van der Waals surface area contributed by atoms with Gasteiger partial charge in [-0.15, -0.1) is 11.3 Å². The van der Waals surface area contributed by atoms with Crippen LogP contribution in [-0.4, -0.2) is 30.9 Å². The van der Waals surface area contributed by atoms with Crippen molar-refractivity contribution < 1.29 is 19.1 Å². The minimum Gasteiger partial charge on any atom is -0.451 e. The van der Waals surface area contributed by atoms with Crippen molar-refractivity contribution in [1.82, 2.24) is 0 Å². The van der Waals surface area contributed by atoms with Crippen LogP contribution in [0.25, 0.3) is 0 Å². The van der Waals surface area contributed by atoms with E-state index in [0.29, 0.717) is 22.2 Å². The van der Waals surface area contributed by atoms with E-state index in [1.807, 2.05) is 6.07 Å². The van der Waals surface area contributed by atoms with Gasteiger partial charge in [0.25, 0.3) is 5.91 Å². The molecule has 0 fully saturated rings. The van der Waals surface area contributed by atoms with Crippen molar-refractivity contribution in [2.75, 3.05) is 23.4 Å². The number of rotatable bonds is 3. The number of aryl methyl sites for hydroxylation is 1. The molecule has 1 aliphatic heterocycles. The summed E-state index contributed by atoms with van der Waals surface area (Å²) in [5.41, 5.74) is 2.41. The summed E-state index contributed by atoms with van der Waals surface area (Å²) in [6, 6.07) is 8.96. The quantitative estimate of drug-likeness (QED) is 0.826. The molecule has 1 aliphatic carbocycles. The Labute approximate surface area is 161 Å². The molecule has 2 aromatic rings. The first kappa shape index (κ1) is 17.7. The van der Waals surface area contributed by atoms with E-state index >= 15 is 0 Å². The molecular weight excluding hydrogens is 364 g/mol. The maximum absolute atomic E-state index is 12.6. The Hall–Kier alpha value is -2.67. The Balaban J connectivity index is 1.42. The third-order valence-corrected chi connectivity index (χ3v) is 6.15. The molecule has 1 unspecified atom stereocenters. The number of anilines is 2. The van der Waals surface area contributed by atoms with E-state index in [0.717, 1.165) is 19.3 Å². The minimum atomic E-state index is -0.481. The monoisotopic (exact) mass is 384 g/mol. The molecule has 27 heavy (non-hydrogen) atoms. The molecule has 1 aromatic carbocycles. The molecule has 1 atom stereocenters. The third kappa shape index (κ3) is 3.60. The molecule has 140 valence electrons. The van der Waals surface area contributed by atoms with Crippen molar-refractivity contribution in [3.63, 3.8) is 0 Å². The fourth-order valence-electron chi connectivity index (χ4n) is 3.54. The van der Waals surface area contributed by atoms with Gasteiger partial charge in [0.05, 0.1) is 11.4 Å². The standard InChI is InChI=1S/C20H20N2O4S/c1-12-6-7-16-13(8-12)9-17(27-16)20(25)26-11-19(24)22-10-18(23)21-14-4-2-3-5-15(14)22/h2-5,9,12H,6-8,10-11H2,1H3,(H,21,23). The summed E-state index contributed by atoms with van der Waals surface area (Å²) in [6.45, 7) is 1.74. The van der Waals surface area contributed by atoms with Gasteiger partial charge in [-0.25, -0.2) is 4.79 Å². The van der Waals surface area contributed by atoms with Crippen LogP contribution in [0, 0.1) is 5.92 Å². The highest BCUT2D eigenvalue weighted by Crippen LogP contribution is 2.33. The van der Waals surface area contributed by atoms with E-state index < -0.39 is 11.9 Å². The smallest absolute Gasteiger partial charge is 0.348 e. The van der Waals surface area contributed by atoms with E-state index in [1.54, 1.807) is 24.3 Å². The molecule has 7 heteroatoms. The van der Waals surface area contributed by atoms with Crippen LogP contribution in [0.2, 0.25) is 0 Å². The molecule has 1 N–H and O–H groups in total. The SMILES string of the molecule is CC1CCc2sc(C(=O)OCC(=O)N3CC(=O)Nc4ccccc43)cc2C1. The number of ether oxygens (including phenoxy) is 1. The Morgan fingerprint density at radius 1 is 1.33 bits per heavy atom. The van der Waals surface area contributed by atoms with E-state index in [-0.39, 0.29) is 19.1 Å². The lowest BCUT2D eigenvalue weighted by atomic mass is 9.90. The fraction of sp³-hybridized carbons (Fsp3) is 0.350. The largest absolute Gasteiger partial charge is 0.451 e. The Morgan fingerprint density at radius 3 is 3.00 bits per heavy atom. The number of amides is 2. The van der Waals surface area contributed by atoms with Crippen molar-refractivity contribution in [1.29, 1.82) is 0 Å². The molecule has 2 heterocycles. The van der Waals surface area contributed by atoms with Crippen LogP contribution in [0.4, 0.5) is 11.4 Å². The van der Waals surface area contributed by atoms with Crippen molar-refractivity contribution in [2.24, 2.45) is 5.92 Å². The summed E-state index contributed by atoms with van der Waals surface area (Å²) in [4.78, 5) is 39.9. The molecule has 1 aromatic heterocycles. The zero-order valence-electron chi connectivity index (χ0n) is 15.0. The highest BCUT2D eigenvalue weighted by atomic mass is 32.1. The van der Waals surface area contributed by atoms with Gasteiger partial charge in [0.1, 0.15) is 11.4 Å². The number of nitrogens with one attached hydrogen (secondary N) is 1. The number of benzene rings is 1. The average molecular weight is 384 g/mol. The van der Waals surface area contributed by atoms with Gasteiger partial charge < -0.3 is 10.1 Å². The molecule has 2 amide bonds. The van der Waals surface area contributed by atoms with Crippen molar-refractivity contribution >= 4 is 40.5 Å². The average Bonchev–Trinajstić information content (AvgIpc) is 3.08. The van der Waals surface area contributed by atoms with E-state index in [1.165, 1.54) is 26.7 Å². The Bertz CT molecular complexity index is 920. The number of para-hydroxylation sites is 2. The summed E-state index contributed by atoms with van der Waals surface area (Å²) >= 11 is 1.46. The first-order valence-electron chi connectivity index (χ1n) is 8.99. The van der Waals surface area contributed by atoms with Crippen LogP contribution in [0.3, 0.4) is 0 Å². The van der Waals surface area contributed by atoms with E-state index in [2.05, 4.69) is 12.2 Å². The summed E-state index contributed by atoms with van der Waals surface area (Å²) in [6.07, 6.45) is 3.11. The lowest BCUT2D eigenvalue weighted by Crippen LogP contribution is -2.44. The molecule has 0 radical (unpaired) electrons. The van der Waals surface area contributed by atoms with Crippen molar-refractivity contribution in [2.45, 2.75) is 26.2 Å². The fourth-order valence-corrected chi connectivity index (χ4v) is 4.64. The van der Waals surface area contributed by atoms with Crippen LogP contribution >= 0.6 is 11.3 Å². The van der Waals surface area contributed by atoms with Gasteiger partial charge in [0.15, 0.2) is 6.61 Å². The number of fused-ring (bicyclic) bond motifs is 2. The number of carbonyl (C=O) groups is 3. The number of hydrogen-bond donors (Lipinski definition) is 1. The predicted octanol–water partition coefficient (Wildman–Crippen LogP) is 3.02.